The van der Waals surface area contributed by atoms with Gasteiger partial charge >= 0.3 is 5.97 Å². The molecule has 0 radical (unpaired) electrons. The number of hydrogen-bond donors (Lipinski definition) is 2. The molecule has 21 heavy (non-hydrogen) atoms. The topological polar surface area (TPSA) is 92.9 Å². The highest BCUT2D eigenvalue weighted by molar-refractivity contribution is 5.88. The maximum Gasteiger partial charge on any atom is 0.329 e. The van der Waals surface area contributed by atoms with Crippen LogP contribution in [0.2, 0.25) is 0 Å². The number of hydrogen-bond acceptors (Lipinski definition) is 5. The van der Waals surface area contributed by atoms with Crippen molar-refractivity contribution in [2.45, 2.75) is 71.8 Å². The van der Waals surface area contributed by atoms with E-state index in [1.807, 2.05) is 20.8 Å². The zero-order valence-electron chi connectivity index (χ0n) is 13.8. The van der Waals surface area contributed by atoms with Crippen molar-refractivity contribution >= 4 is 11.9 Å². The minimum Gasteiger partial charge on any atom is -0.458 e. The van der Waals surface area contributed by atoms with Crippen molar-refractivity contribution in [1.82, 2.24) is 4.90 Å². The normalized spacial score (nSPS) is 24.9. The summed E-state index contributed by atoms with van der Waals surface area (Å²) in [4.78, 5) is 26.1. The second-order valence-corrected chi connectivity index (χ2v) is 7.77. The molecular formula is C15H28N2O4. The summed E-state index contributed by atoms with van der Waals surface area (Å²) in [6.45, 7) is 11.0. The highest BCUT2D eigenvalue weighted by Gasteiger charge is 2.44. The summed E-state index contributed by atoms with van der Waals surface area (Å²) in [6, 6.07) is -1.49. The molecule has 122 valence electrons. The molecule has 0 aromatic heterocycles. The Morgan fingerprint density at radius 3 is 2.19 bits per heavy atom. The van der Waals surface area contributed by atoms with E-state index in [1.54, 1.807) is 20.8 Å². The van der Waals surface area contributed by atoms with Gasteiger partial charge in [0.25, 0.3) is 0 Å². The monoisotopic (exact) mass is 300 g/mol. The molecule has 1 aliphatic rings. The van der Waals surface area contributed by atoms with Crippen molar-refractivity contribution in [1.29, 1.82) is 0 Å². The Morgan fingerprint density at radius 2 is 1.76 bits per heavy atom. The largest absolute Gasteiger partial charge is 0.458 e. The van der Waals surface area contributed by atoms with Crippen LogP contribution in [0.5, 0.6) is 0 Å². The molecule has 1 saturated heterocycles. The minimum atomic E-state index is -0.764. The maximum absolute atomic E-state index is 12.5. The van der Waals surface area contributed by atoms with Gasteiger partial charge in [-0.2, -0.15) is 0 Å². The lowest BCUT2D eigenvalue weighted by Crippen LogP contribution is -2.54. The summed E-state index contributed by atoms with van der Waals surface area (Å²) in [5.41, 5.74) is 4.94. The Balaban J connectivity index is 2.89. The van der Waals surface area contributed by atoms with Crippen LogP contribution in [-0.2, 0) is 14.3 Å². The Hall–Kier alpha value is -1.14. The maximum atomic E-state index is 12.5. The molecule has 1 aliphatic heterocycles. The van der Waals surface area contributed by atoms with Crippen molar-refractivity contribution < 1.29 is 19.4 Å². The molecule has 3 N–H and O–H groups in total. The summed E-state index contributed by atoms with van der Waals surface area (Å²) in [5.74, 6) is -0.816. The highest BCUT2D eigenvalue weighted by Crippen LogP contribution is 2.26. The van der Waals surface area contributed by atoms with Gasteiger partial charge in [0.1, 0.15) is 11.6 Å². The third-order valence-corrected chi connectivity index (χ3v) is 3.44. The molecule has 0 unspecified atom stereocenters. The second kappa shape index (κ2) is 5.93. The zero-order chi connectivity index (χ0) is 16.6. The van der Waals surface area contributed by atoms with E-state index < -0.39 is 35.2 Å². The number of aliphatic hydroxyl groups is 1. The summed E-state index contributed by atoms with van der Waals surface area (Å²) in [5, 5.41) is 9.81. The Morgan fingerprint density at radius 1 is 1.24 bits per heavy atom. The van der Waals surface area contributed by atoms with Gasteiger partial charge in [-0.3, -0.25) is 4.79 Å². The second-order valence-electron chi connectivity index (χ2n) is 7.77. The van der Waals surface area contributed by atoms with E-state index in [-0.39, 0.29) is 18.9 Å². The first kappa shape index (κ1) is 17.9. The minimum absolute atomic E-state index is 0.118. The fourth-order valence-corrected chi connectivity index (χ4v) is 2.20. The Bertz CT molecular complexity index is 409. The van der Waals surface area contributed by atoms with Gasteiger partial charge in [0.15, 0.2) is 0 Å². The van der Waals surface area contributed by atoms with Crippen LogP contribution >= 0.6 is 0 Å². The van der Waals surface area contributed by atoms with Gasteiger partial charge in [0.05, 0.1) is 12.1 Å². The smallest absolute Gasteiger partial charge is 0.329 e. The predicted molar refractivity (Wildman–Crippen MR) is 79.4 cm³/mol. The van der Waals surface area contributed by atoms with Crippen LogP contribution in [0.25, 0.3) is 0 Å². The van der Waals surface area contributed by atoms with E-state index in [1.165, 1.54) is 4.90 Å². The molecule has 0 saturated carbocycles. The number of carbonyl (C=O) groups excluding carboxylic acids is 2. The molecule has 6 heteroatoms. The van der Waals surface area contributed by atoms with Crippen molar-refractivity contribution in [3.8, 4) is 0 Å². The first-order valence-electron chi connectivity index (χ1n) is 7.30. The molecule has 1 heterocycles. The van der Waals surface area contributed by atoms with Crippen LogP contribution in [0.4, 0.5) is 0 Å². The van der Waals surface area contributed by atoms with E-state index >= 15 is 0 Å². The number of nitrogens with two attached hydrogens (primary N) is 1. The number of esters is 1. The van der Waals surface area contributed by atoms with E-state index in [2.05, 4.69) is 0 Å². The lowest BCUT2D eigenvalue weighted by molar-refractivity contribution is -0.163. The molecule has 3 atom stereocenters. The summed E-state index contributed by atoms with van der Waals surface area (Å²) in [6.07, 6.45) is -0.532. The average molecular weight is 300 g/mol. The third kappa shape index (κ3) is 4.68. The Labute approximate surface area is 126 Å². The van der Waals surface area contributed by atoms with Gasteiger partial charge < -0.3 is 20.5 Å². The highest BCUT2D eigenvalue weighted by atomic mass is 16.6. The van der Waals surface area contributed by atoms with E-state index in [4.69, 9.17) is 10.5 Å². The number of likely N-dealkylation sites (tertiary alicyclic amines) is 1. The molecule has 1 amide bonds. The molecule has 0 spiro atoms. The Kier molecular flexibility index (Phi) is 5.05. The number of amides is 1. The van der Waals surface area contributed by atoms with Crippen molar-refractivity contribution in [3.63, 3.8) is 0 Å². The molecule has 1 rings (SSSR count). The summed E-state index contributed by atoms with van der Waals surface area (Å²) < 4.78 is 5.33. The molecular weight excluding hydrogens is 272 g/mol. The van der Waals surface area contributed by atoms with Gasteiger partial charge in [-0.25, -0.2) is 4.79 Å². The van der Waals surface area contributed by atoms with E-state index in [0.29, 0.717) is 0 Å². The SMILES string of the molecule is CC(C)(C)OC(=O)[C@@H]1C[C@H](O)CN1C(=O)[C@@H](N)C(C)(C)C. The molecule has 0 aromatic carbocycles. The fourth-order valence-electron chi connectivity index (χ4n) is 2.20. The average Bonchev–Trinajstić information content (AvgIpc) is 2.66. The number of nitrogens with zero attached hydrogens (tertiary/aromatic N) is 1. The van der Waals surface area contributed by atoms with E-state index in [0.717, 1.165) is 0 Å². The lowest BCUT2D eigenvalue weighted by Gasteiger charge is -2.33. The standard InChI is InChI=1S/C15H28N2O4/c1-14(2,3)11(16)12(19)17-8-9(18)7-10(17)13(20)21-15(4,5)6/h9-11,18H,7-8,16H2,1-6H3/t9-,10-,11+/m0/s1. The van der Waals surface area contributed by atoms with Gasteiger partial charge in [-0.05, 0) is 26.2 Å². The predicted octanol–water partition coefficient (Wildman–Crippen LogP) is 0.663. The van der Waals surface area contributed by atoms with Gasteiger partial charge in [0, 0.05) is 13.0 Å². The van der Waals surface area contributed by atoms with Crippen LogP contribution in [-0.4, -0.2) is 52.2 Å². The quantitative estimate of drug-likeness (QED) is 0.731. The van der Waals surface area contributed by atoms with E-state index in [9.17, 15) is 14.7 Å². The number of aliphatic hydroxyl groups excluding tert-OH is 1. The third-order valence-electron chi connectivity index (χ3n) is 3.44. The summed E-state index contributed by atoms with van der Waals surface area (Å²) >= 11 is 0. The van der Waals surface area contributed by atoms with Crippen LogP contribution in [0.15, 0.2) is 0 Å². The molecule has 0 aliphatic carbocycles. The van der Waals surface area contributed by atoms with Gasteiger partial charge in [0.2, 0.25) is 5.91 Å². The number of β-amino-alcohol motifs (C(OH)–C–C–N with tert-alkyl or cyclic N) is 1. The lowest BCUT2D eigenvalue weighted by atomic mass is 9.86. The fraction of sp³-hybridized carbons (Fsp3) is 0.867. The van der Waals surface area contributed by atoms with Crippen molar-refractivity contribution in [2.75, 3.05) is 6.54 Å². The van der Waals surface area contributed by atoms with Gasteiger partial charge in [-0.1, -0.05) is 20.8 Å². The van der Waals surface area contributed by atoms with Crippen molar-refractivity contribution in [3.05, 3.63) is 0 Å². The zero-order valence-corrected chi connectivity index (χ0v) is 13.8. The summed E-state index contributed by atoms with van der Waals surface area (Å²) in [7, 11) is 0. The van der Waals surface area contributed by atoms with Gasteiger partial charge in [-0.15, -0.1) is 0 Å². The molecule has 0 bridgehead atoms. The first-order valence-corrected chi connectivity index (χ1v) is 7.30. The van der Waals surface area contributed by atoms with Crippen LogP contribution in [0.1, 0.15) is 48.0 Å². The number of rotatable bonds is 2. The van der Waals surface area contributed by atoms with Crippen molar-refractivity contribution in [2.24, 2.45) is 11.1 Å². The molecule has 1 fully saturated rings. The molecule has 0 aromatic rings. The first-order chi connectivity index (χ1) is 9.33. The number of ether oxygens (including phenoxy) is 1. The number of carbonyl (C=O) groups is 2. The van der Waals surface area contributed by atoms with Crippen LogP contribution in [0, 0.1) is 5.41 Å². The molecule has 6 nitrogen and oxygen atoms in total. The van der Waals surface area contributed by atoms with Crippen LogP contribution in [0.3, 0.4) is 0 Å². The van der Waals surface area contributed by atoms with Crippen LogP contribution < -0.4 is 5.73 Å².